The van der Waals surface area contributed by atoms with Crippen LogP contribution in [0.4, 0.5) is 13.2 Å². The molecular weight excluding hydrogens is 261 g/mol. The minimum absolute atomic E-state index is 0.192. The first-order valence-corrected chi connectivity index (χ1v) is 5.85. The average Bonchev–Trinajstić information content (AvgIpc) is 2.77. The fraction of sp³-hybridized carbons (Fsp3) is 0.500. The molecular formula is C12H13F3N2O2. The van der Waals surface area contributed by atoms with E-state index in [0.717, 1.165) is 0 Å². The van der Waals surface area contributed by atoms with Crippen LogP contribution >= 0.6 is 0 Å². The molecule has 1 aliphatic rings. The van der Waals surface area contributed by atoms with Crippen LogP contribution in [0.15, 0.2) is 24.5 Å². The van der Waals surface area contributed by atoms with Crippen molar-refractivity contribution in [2.75, 3.05) is 13.1 Å². The van der Waals surface area contributed by atoms with Gasteiger partial charge in [-0.15, -0.1) is 0 Å². The van der Waals surface area contributed by atoms with Gasteiger partial charge in [0.05, 0.1) is 6.54 Å². The van der Waals surface area contributed by atoms with E-state index in [1.807, 2.05) is 0 Å². The fourth-order valence-electron chi connectivity index (χ4n) is 1.94. The zero-order valence-electron chi connectivity index (χ0n) is 10.1. The summed E-state index contributed by atoms with van der Waals surface area (Å²) < 4.78 is 41.9. The van der Waals surface area contributed by atoms with Gasteiger partial charge in [-0.05, 0) is 12.1 Å². The zero-order valence-corrected chi connectivity index (χ0v) is 10.1. The Morgan fingerprint density at radius 2 is 2.11 bits per heavy atom. The van der Waals surface area contributed by atoms with Crippen molar-refractivity contribution < 1.29 is 22.7 Å². The molecule has 0 aliphatic carbocycles. The van der Waals surface area contributed by atoms with Crippen LogP contribution in [0.1, 0.15) is 12.8 Å². The Balaban J connectivity index is 1.85. The van der Waals surface area contributed by atoms with Crippen LogP contribution in [0.3, 0.4) is 0 Å². The lowest BCUT2D eigenvalue weighted by molar-refractivity contribution is -0.160. The number of amides is 1. The third-order valence-electron chi connectivity index (χ3n) is 2.80. The number of alkyl halides is 3. The number of carbonyl (C=O) groups excluding carboxylic acids is 1. The molecule has 0 N–H and O–H groups in total. The second-order valence-corrected chi connectivity index (χ2v) is 4.34. The average molecular weight is 274 g/mol. The Morgan fingerprint density at radius 1 is 1.42 bits per heavy atom. The molecule has 1 fully saturated rings. The molecule has 0 aromatic carbocycles. The second-order valence-electron chi connectivity index (χ2n) is 4.34. The van der Waals surface area contributed by atoms with Gasteiger partial charge in [0.15, 0.2) is 0 Å². The van der Waals surface area contributed by atoms with Crippen molar-refractivity contribution in [3.05, 3.63) is 24.5 Å². The van der Waals surface area contributed by atoms with Gasteiger partial charge in [0.1, 0.15) is 18.3 Å². The quantitative estimate of drug-likeness (QED) is 0.846. The highest BCUT2D eigenvalue weighted by atomic mass is 19.4. The number of halogens is 3. The van der Waals surface area contributed by atoms with Crippen molar-refractivity contribution in [2.24, 2.45) is 0 Å². The highest BCUT2D eigenvalue weighted by Gasteiger charge is 2.36. The number of hydrogen-bond donors (Lipinski definition) is 0. The lowest BCUT2D eigenvalue weighted by Gasteiger charge is -2.18. The van der Waals surface area contributed by atoms with Crippen molar-refractivity contribution in [1.82, 2.24) is 9.88 Å². The first kappa shape index (κ1) is 13.6. The highest BCUT2D eigenvalue weighted by Crippen LogP contribution is 2.23. The standard InChI is InChI=1S/C12H13F3N2O2/c13-12(14,15)7-11(18)17-6-3-10(8-17)19-9-1-4-16-5-2-9/h1-2,4-5,10H,3,6-8H2. The van der Waals surface area contributed by atoms with E-state index in [-0.39, 0.29) is 12.6 Å². The van der Waals surface area contributed by atoms with Crippen LogP contribution in [0.2, 0.25) is 0 Å². The number of nitrogens with zero attached hydrogens (tertiary/aromatic N) is 2. The van der Waals surface area contributed by atoms with Crippen LogP contribution < -0.4 is 4.74 Å². The lowest BCUT2D eigenvalue weighted by atomic mass is 10.3. The predicted molar refractivity (Wildman–Crippen MR) is 60.5 cm³/mol. The van der Waals surface area contributed by atoms with Crippen molar-refractivity contribution in [3.63, 3.8) is 0 Å². The summed E-state index contributed by atoms with van der Waals surface area (Å²) in [6.45, 7) is 0.488. The Bertz CT molecular complexity index is 436. The number of carbonyl (C=O) groups is 1. The maximum atomic E-state index is 12.1. The van der Waals surface area contributed by atoms with Crippen LogP contribution in [0.25, 0.3) is 0 Å². The van der Waals surface area contributed by atoms with Gasteiger partial charge >= 0.3 is 6.18 Å². The van der Waals surface area contributed by atoms with Gasteiger partial charge in [-0.3, -0.25) is 9.78 Å². The van der Waals surface area contributed by atoms with Gasteiger partial charge in [-0.25, -0.2) is 0 Å². The van der Waals surface area contributed by atoms with Crippen molar-refractivity contribution in [1.29, 1.82) is 0 Å². The molecule has 1 aliphatic heterocycles. The number of hydrogen-bond acceptors (Lipinski definition) is 3. The molecule has 0 saturated carbocycles. The number of ether oxygens (including phenoxy) is 1. The number of rotatable bonds is 3. The van der Waals surface area contributed by atoms with Crippen molar-refractivity contribution >= 4 is 5.91 Å². The van der Waals surface area contributed by atoms with E-state index in [1.165, 1.54) is 4.90 Å². The largest absolute Gasteiger partial charge is 0.488 e. The molecule has 19 heavy (non-hydrogen) atoms. The minimum atomic E-state index is -4.46. The smallest absolute Gasteiger partial charge is 0.397 e. The monoisotopic (exact) mass is 274 g/mol. The van der Waals surface area contributed by atoms with Gasteiger partial charge in [-0.1, -0.05) is 0 Å². The summed E-state index contributed by atoms with van der Waals surface area (Å²) in [5.41, 5.74) is 0. The van der Waals surface area contributed by atoms with Gasteiger partial charge in [0.2, 0.25) is 5.91 Å². The Kier molecular flexibility index (Phi) is 3.92. The molecule has 1 aromatic heterocycles. The van der Waals surface area contributed by atoms with E-state index in [4.69, 9.17) is 4.74 Å². The predicted octanol–water partition coefficient (Wildman–Crippen LogP) is 2.01. The lowest BCUT2D eigenvalue weighted by Crippen LogP contribution is -2.33. The summed E-state index contributed by atoms with van der Waals surface area (Å²) in [6.07, 6.45) is -2.46. The van der Waals surface area contributed by atoms with Gasteiger partial charge in [-0.2, -0.15) is 13.2 Å². The van der Waals surface area contributed by atoms with E-state index in [9.17, 15) is 18.0 Å². The molecule has 0 radical (unpaired) electrons. The summed E-state index contributed by atoms with van der Waals surface area (Å²) in [5.74, 6) is -0.293. The molecule has 1 unspecified atom stereocenters. The third kappa shape index (κ3) is 4.11. The topological polar surface area (TPSA) is 42.4 Å². The molecule has 7 heteroatoms. The summed E-state index contributed by atoms with van der Waals surface area (Å²) in [6, 6.07) is 3.33. The molecule has 1 aromatic rings. The van der Waals surface area contributed by atoms with E-state index in [2.05, 4.69) is 4.98 Å². The molecule has 2 rings (SSSR count). The second kappa shape index (κ2) is 5.46. The van der Waals surface area contributed by atoms with Crippen LogP contribution in [-0.2, 0) is 4.79 Å². The molecule has 0 bridgehead atoms. The summed E-state index contributed by atoms with van der Waals surface area (Å²) in [4.78, 5) is 16.4. The van der Waals surface area contributed by atoms with Gasteiger partial charge < -0.3 is 9.64 Å². The molecule has 1 saturated heterocycles. The highest BCUT2D eigenvalue weighted by molar-refractivity contribution is 5.77. The molecule has 1 atom stereocenters. The summed E-state index contributed by atoms with van der Waals surface area (Å²) in [5, 5.41) is 0. The zero-order chi connectivity index (χ0) is 13.9. The van der Waals surface area contributed by atoms with Crippen molar-refractivity contribution in [2.45, 2.75) is 25.1 Å². The van der Waals surface area contributed by atoms with Crippen molar-refractivity contribution in [3.8, 4) is 5.75 Å². The number of pyridine rings is 1. The SMILES string of the molecule is O=C(CC(F)(F)F)N1CCC(Oc2ccncc2)C1. The summed E-state index contributed by atoms with van der Waals surface area (Å²) >= 11 is 0. The van der Waals surface area contributed by atoms with E-state index >= 15 is 0 Å². The number of aromatic nitrogens is 1. The maximum Gasteiger partial charge on any atom is 0.397 e. The van der Waals surface area contributed by atoms with Crippen LogP contribution in [-0.4, -0.2) is 41.2 Å². The Labute approximate surface area is 108 Å². The third-order valence-corrected chi connectivity index (χ3v) is 2.80. The van der Waals surface area contributed by atoms with Crippen LogP contribution in [0.5, 0.6) is 5.75 Å². The minimum Gasteiger partial charge on any atom is -0.488 e. The van der Waals surface area contributed by atoms with E-state index in [1.54, 1.807) is 24.5 Å². The first-order valence-electron chi connectivity index (χ1n) is 5.85. The number of likely N-dealkylation sites (tertiary alicyclic amines) is 1. The molecule has 1 amide bonds. The van der Waals surface area contributed by atoms with Crippen LogP contribution in [0, 0.1) is 0 Å². The normalized spacial score (nSPS) is 19.5. The molecule has 4 nitrogen and oxygen atoms in total. The van der Waals surface area contributed by atoms with Gasteiger partial charge in [0, 0.05) is 25.4 Å². The molecule has 0 spiro atoms. The first-order chi connectivity index (χ1) is 8.94. The van der Waals surface area contributed by atoms with Gasteiger partial charge in [0.25, 0.3) is 0 Å². The maximum absolute atomic E-state index is 12.1. The van der Waals surface area contributed by atoms with E-state index < -0.39 is 18.5 Å². The fourth-order valence-corrected chi connectivity index (χ4v) is 1.94. The summed E-state index contributed by atoms with van der Waals surface area (Å²) in [7, 11) is 0. The molecule has 2 heterocycles. The molecule has 104 valence electrons. The van der Waals surface area contributed by atoms with E-state index in [0.29, 0.717) is 18.7 Å². The Hall–Kier alpha value is -1.79. The Morgan fingerprint density at radius 3 is 2.74 bits per heavy atom.